The van der Waals surface area contributed by atoms with Gasteiger partial charge in [-0.1, -0.05) is 0 Å². The minimum atomic E-state index is -1.11. The lowest BCUT2D eigenvalue weighted by Crippen LogP contribution is -2.22. The fourth-order valence-electron chi connectivity index (χ4n) is 1.79. The molecular weight excluding hydrogens is 225 g/mol. The van der Waals surface area contributed by atoms with E-state index in [4.69, 9.17) is 5.11 Å². The molecule has 0 bridgehead atoms. The average Bonchev–Trinajstić information content (AvgIpc) is 2.63. The van der Waals surface area contributed by atoms with Crippen molar-refractivity contribution in [2.45, 2.75) is 20.0 Å². The molecule has 1 aromatic heterocycles. The molecule has 0 fully saturated rings. The summed E-state index contributed by atoms with van der Waals surface area (Å²) < 4.78 is 14.9. The maximum absolute atomic E-state index is 13.1. The van der Waals surface area contributed by atoms with Crippen molar-refractivity contribution in [3.8, 4) is 0 Å². The van der Waals surface area contributed by atoms with Crippen LogP contribution in [0.15, 0.2) is 18.2 Å². The quantitative estimate of drug-likeness (QED) is 0.857. The number of amides is 1. The van der Waals surface area contributed by atoms with Crippen LogP contribution in [-0.4, -0.2) is 20.8 Å². The molecule has 17 heavy (non-hydrogen) atoms. The predicted octanol–water partition coefficient (Wildman–Crippen LogP) is 1.96. The average molecular weight is 237 g/mol. The molecule has 2 rings (SSSR count). The molecule has 6 heteroatoms. The van der Waals surface area contributed by atoms with Crippen LogP contribution in [0.3, 0.4) is 0 Å². The number of carboxylic acid groups (broad SMARTS) is 1. The normalized spacial score (nSPS) is 10.7. The highest BCUT2D eigenvalue weighted by atomic mass is 19.1. The van der Waals surface area contributed by atoms with E-state index >= 15 is 0 Å². The van der Waals surface area contributed by atoms with Gasteiger partial charge in [-0.3, -0.25) is 0 Å². The molecule has 0 radical (unpaired) electrons. The molecule has 90 valence electrons. The summed E-state index contributed by atoms with van der Waals surface area (Å²) in [5.74, 6) is 0.250. The second-order valence-corrected chi connectivity index (χ2v) is 3.56. The summed E-state index contributed by atoms with van der Waals surface area (Å²) in [4.78, 5) is 14.7. The van der Waals surface area contributed by atoms with Gasteiger partial charge in [0.25, 0.3) is 0 Å². The van der Waals surface area contributed by atoms with Crippen molar-refractivity contribution >= 4 is 17.1 Å². The second-order valence-electron chi connectivity index (χ2n) is 3.56. The number of imidazole rings is 1. The number of rotatable bonds is 3. The van der Waals surface area contributed by atoms with Gasteiger partial charge >= 0.3 is 6.09 Å². The van der Waals surface area contributed by atoms with Gasteiger partial charge in [0.1, 0.15) is 11.6 Å². The lowest BCUT2D eigenvalue weighted by atomic mass is 10.3. The van der Waals surface area contributed by atoms with Gasteiger partial charge in [0.2, 0.25) is 0 Å². The lowest BCUT2D eigenvalue weighted by Gasteiger charge is -2.05. The Kier molecular flexibility index (Phi) is 2.95. The van der Waals surface area contributed by atoms with E-state index in [2.05, 4.69) is 10.3 Å². The van der Waals surface area contributed by atoms with Gasteiger partial charge in [-0.05, 0) is 25.1 Å². The molecule has 0 unspecified atom stereocenters. The van der Waals surface area contributed by atoms with Crippen molar-refractivity contribution in [2.75, 3.05) is 0 Å². The van der Waals surface area contributed by atoms with E-state index in [-0.39, 0.29) is 12.4 Å². The third-order valence-electron chi connectivity index (χ3n) is 2.50. The number of nitrogens with one attached hydrogen (secondary N) is 1. The fourth-order valence-corrected chi connectivity index (χ4v) is 1.79. The maximum Gasteiger partial charge on any atom is 0.405 e. The van der Waals surface area contributed by atoms with Gasteiger partial charge in [0.05, 0.1) is 17.6 Å². The van der Waals surface area contributed by atoms with Crippen LogP contribution in [0.2, 0.25) is 0 Å². The van der Waals surface area contributed by atoms with E-state index in [0.29, 0.717) is 23.4 Å². The molecule has 1 aromatic carbocycles. The molecule has 0 spiro atoms. The number of hydrogen-bond donors (Lipinski definition) is 2. The lowest BCUT2D eigenvalue weighted by molar-refractivity contribution is 0.193. The first-order valence-corrected chi connectivity index (χ1v) is 5.23. The molecular formula is C11H12FN3O2. The van der Waals surface area contributed by atoms with E-state index in [1.807, 2.05) is 6.92 Å². The van der Waals surface area contributed by atoms with Gasteiger partial charge in [0.15, 0.2) is 0 Å². The zero-order valence-corrected chi connectivity index (χ0v) is 9.27. The van der Waals surface area contributed by atoms with Crippen molar-refractivity contribution in [1.29, 1.82) is 0 Å². The molecule has 0 aliphatic heterocycles. The van der Waals surface area contributed by atoms with E-state index < -0.39 is 6.09 Å². The van der Waals surface area contributed by atoms with Crippen molar-refractivity contribution in [3.05, 3.63) is 29.8 Å². The summed E-state index contributed by atoms with van der Waals surface area (Å²) in [7, 11) is 0. The van der Waals surface area contributed by atoms with Crippen LogP contribution in [-0.2, 0) is 13.1 Å². The first kappa shape index (κ1) is 11.4. The largest absolute Gasteiger partial charge is 0.465 e. The summed E-state index contributed by atoms with van der Waals surface area (Å²) in [6.07, 6.45) is -1.11. The Balaban J connectivity index is 2.45. The van der Waals surface area contributed by atoms with Crippen molar-refractivity contribution in [3.63, 3.8) is 0 Å². The number of aromatic nitrogens is 2. The first-order valence-electron chi connectivity index (χ1n) is 5.23. The predicted molar refractivity (Wildman–Crippen MR) is 60.2 cm³/mol. The summed E-state index contributed by atoms with van der Waals surface area (Å²) in [6.45, 7) is 2.62. The van der Waals surface area contributed by atoms with Crippen molar-refractivity contribution in [2.24, 2.45) is 0 Å². The fraction of sp³-hybridized carbons (Fsp3) is 0.273. The molecule has 0 aliphatic carbocycles. The van der Waals surface area contributed by atoms with Crippen molar-refractivity contribution in [1.82, 2.24) is 14.9 Å². The Bertz CT molecular complexity index is 565. The summed E-state index contributed by atoms with van der Waals surface area (Å²) in [6, 6.07) is 4.32. The molecule has 0 aliphatic rings. The Labute approximate surface area is 96.9 Å². The van der Waals surface area contributed by atoms with Crippen LogP contribution in [0.25, 0.3) is 11.0 Å². The standard InChI is InChI=1S/C11H12FN3O2/c1-2-15-9-5-7(12)3-4-8(9)14-10(15)6-13-11(16)17/h3-5,13H,2,6H2,1H3,(H,16,17). The first-order chi connectivity index (χ1) is 8.11. The number of carbonyl (C=O) groups is 1. The summed E-state index contributed by atoms with van der Waals surface area (Å²) >= 11 is 0. The number of benzene rings is 1. The monoisotopic (exact) mass is 237 g/mol. The van der Waals surface area contributed by atoms with Crippen LogP contribution < -0.4 is 5.32 Å². The SMILES string of the molecule is CCn1c(CNC(=O)O)nc2ccc(F)cc21. The van der Waals surface area contributed by atoms with Crippen LogP contribution in [0, 0.1) is 5.82 Å². The van der Waals surface area contributed by atoms with Gasteiger partial charge in [-0.2, -0.15) is 0 Å². The number of nitrogens with zero attached hydrogens (tertiary/aromatic N) is 2. The minimum Gasteiger partial charge on any atom is -0.465 e. The van der Waals surface area contributed by atoms with Gasteiger partial charge in [-0.15, -0.1) is 0 Å². The maximum atomic E-state index is 13.1. The Morgan fingerprint density at radius 1 is 1.59 bits per heavy atom. The smallest absolute Gasteiger partial charge is 0.405 e. The molecule has 0 atom stereocenters. The van der Waals surface area contributed by atoms with Gasteiger partial charge in [0, 0.05) is 6.54 Å². The Morgan fingerprint density at radius 2 is 2.35 bits per heavy atom. The van der Waals surface area contributed by atoms with Crippen LogP contribution >= 0.6 is 0 Å². The third-order valence-corrected chi connectivity index (χ3v) is 2.50. The molecule has 1 heterocycles. The highest BCUT2D eigenvalue weighted by Gasteiger charge is 2.10. The number of halogens is 1. The summed E-state index contributed by atoms with van der Waals surface area (Å²) in [5, 5.41) is 10.8. The van der Waals surface area contributed by atoms with E-state index in [9.17, 15) is 9.18 Å². The second kappa shape index (κ2) is 4.40. The minimum absolute atomic E-state index is 0.111. The molecule has 5 nitrogen and oxygen atoms in total. The Hall–Kier alpha value is -2.11. The van der Waals surface area contributed by atoms with E-state index in [1.165, 1.54) is 12.1 Å². The molecule has 2 aromatic rings. The zero-order chi connectivity index (χ0) is 12.4. The molecule has 0 saturated carbocycles. The molecule has 1 amide bonds. The molecule has 0 saturated heterocycles. The van der Waals surface area contributed by atoms with E-state index in [0.717, 1.165) is 0 Å². The van der Waals surface area contributed by atoms with E-state index in [1.54, 1.807) is 10.6 Å². The zero-order valence-electron chi connectivity index (χ0n) is 9.27. The van der Waals surface area contributed by atoms with Gasteiger partial charge in [-0.25, -0.2) is 14.2 Å². The number of hydrogen-bond acceptors (Lipinski definition) is 2. The van der Waals surface area contributed by atoms with Crippen LogP contribution in [0.5, 0.6) is 0 Å². The molecule has 2 N–H and O–H groups in total. The third kappa shape index (κ3) is 2.20. The topological polar surface area (TPSA) is 67.2 Å². The van der Waals surface area contributed by atoms with Crippen molar-refractivity contribution < 1.29 is 14.3 Å². The Morgan fingerprint density at radius 3 is 3.00 bits per heavy atom. The van der Waals surface area contributed by atoms with Crippen LogP contribution in [0.1, 0.15) is 12.7 Å². The highest BCUT2D eigenvalue weighted by molar-refractivity contribution is 5.76. The number of aryl methyl sites for hydroxylation is 1. The number of fused-ring (bicyclic) bond motifs is 1. The van der Waals surface area contributed by atoms with Gasteiger partial charge < -0.3 is 15.0 Å². The summed E-state index contributed by atoms with van der Waals surface area (Å²) in [5.41, 5.74) is 1.34. The van der Waals surface area contributed by atoms with Crippen LogP contribution in [0.4, 0.5) is 9.18 Å². The highest BCUT2D eigenvalue weighted by Crippen LogP contribution is 2.17.